The van der Waals surface area contributed by atoms with Gasteiger partial charge in [-0.2, -0.15) is 0 Å². The fourth-order valence-electron chi connectivity index (χ4n) is 2.32. The molecule has 0 amide bonds. The smallest absolute Gasteiger partial charge is 0.228 e. The molecule has 100 valence electrons. The number of hydrogen-bond acceptors (Lipinski definition) is 2. The molecule has 0 aliphatic rings. The molecule has 2 aromatic carbocycles. The highest BCUT2D eigenvalue weighted by atomic mass is 19.1. The average molecular weight is 268 g/mol. The molecule has 0 aliphatic heterocycles. The molecule has 0 fully saturated rings. The Morgan fingerprint density at radius 3 is 2.70 bits per heavy atom. The van der Waals surface area contributed by atoms with Gasteiger partial charge in [0.2, 0.25) is 5.78 Å². The van der Waals surface area contributed by atoms with Crippen LogP contribution in [0.25, 0.3) is 11.0 Å². The van der Waals surface area contributed by atoms with Crippen molar-refractivity contribution in [2.75, 3.05) is 0 Å². The van der Waals surface area contributed by atoms with Crippen LogP contribution in [0.4, 0.5) is 4.39 Å². The van der Waals surface area contributed by atoms with Crippen molar-refractivity contribution in [1.82, 2.24) is 0 Å². The van der Waals surface area contributed by atoms with Crippen LogP contribution >= 0.6 is 0 Å². The standard InChI is InChI=1S/C17H13FO2/c1-2-11-6-3-4-8-13(11)16(19)15-10-12-7-5-9-14(18)17(12)20-15/h3-10H,2H2,1H3. The zero-order valence-electron chi connectivity index (χ0n) is 11.0. The first-order chi connectivity index (χ1) is 9.70. The van der Waals surface area contributed by atoms with Crippen LogP contribution in [-0.2, 0) is 6.42 Å². The van der Waals surface area contributed by atoms with Crippen molar-refractivity contribution in [2.24, 2.45) is 0 Å². The van der Waals surface area contributed by atoms with Crippen molar-refractivity contribution >= 4 is 16.8 Å². The number of carbonyl (C=O) groups excluding carboxylic acids is 1. The van der Waals surface area contributed by atoms with E-state index in [9.17, 15) is 9.18 Å². The molecule has 0 atom stereocenters. The monoisotopic (exact) mass is 268 g/mol. The molecular formula is C17H13FO2. The van der Waals surface area contributed by atoms with Crippen LogP contribution in [0.15, 0.2) is 52.9 Å². The number of benzene rings is 2. The summed E-state index contributed by atoms with van der Waals surface area (Å²) in [5, 5.41) is 0.599. The quantitative estimate of drug-likeness (QED) is 0.660. The van der Waals surface area contributed by atoms with Gasteiger partial charge < -0.3 is 4.42 Å². The minimum atomic E-state index is -0.453. The van der Waals surface area contributed by atoms with Crippen molar-refractivity contribution in [1.29, 1.82) is 0 Å². The third-order valence-electron chi connectivity index (χ3n) is 3.36. The predicted molar refractivity (Wildman–Crippen MR) is 75.4 cm³/mol. The van der Waals surface area contributed by atoms with Gasteiger partial charge >= 0.3 is 0 Å². The second-order valence-corrected chi connectivity index (χ2v) is 4.61. The maximum Gasteiger partial charge on any atom is 0.228 e. The van der Waals surface area contributed by atoms with Crippen molar-refractivity contribution in [3.63, 3.8) is 0 Å². The Bertz CT molecular complexity index is 787. The zero-order valence-corrected chi connectivity index (χ0v) is 11.0. The number of carbonyl (C=O) groups is 1. The van der Waals surface area contributed by atoms with Crippen LogP contribution in [0.3, 0.4) is 0 Å². The third-order valence-corrected chi connectivity index (χ3v) is 3.36. The Labute approximate surface area is 115 Å². The lowest BCUT2D eigenvalue weighted by molar-refractivity contribution is 0.101. The van der Waals surface area contributed by atoms with Gasteiger partial charge in [-0.25, -0.2) is 4.39 Å². The van der Waals surface area contributed by atoms with Crippen molar-refractivity contribution in [3.8, 4) is 0 Å². The van der Waals surface area contributed by atoms with Gasteiger partial charge in [-0.3, -0.25) is 4.79 Å². The van der Waals surface area contributed by atoms with Gasteiger partial charge in [-0.15, -0.1) is 0 Å². The summed E-state index contributed by atoms with van der Waals surface area (Å²) in [6.45, 7) is 1.99. The number of rotatable bonds is 3. The molecule has 0 N–H and O–H groups in total. The first-order valence-corrected chi connectivity index (χ1v) is 6.51. The van der Waals surface area contributed by atoms with E-state index in [0.29, 0.717) is 10.9 Å². The molecule has 3 aromatic rings. The normalized spacial score (nSPS) is 10.9. The summed E-state index contributed by atoms with van der Waals surface area (Å²) in [4.78, 5) is 12.5. The molecule has 1 aromatic heterocycles. The number of para-hydroxylation sites is 1. The van der Waals surface area contributed by atoms with E-state index >= 15 is 0 Å². The van der Waals surface area contributed by atoms with E-state index in [0.717, 1.165) is 12.0 Å². The lowest BCUT2D eigenvalue weighted by Gasteiger charge is -2.04. The molecule has 0 saturated carbocycles. The van der Waals surface area contributed by atoms with Gasteiger partial charge in [0.1, 0.15) is 0 Å². The highest BCUT2D eigenvalue weighted by Gasteiger charge is 2.18. The van der Waals surface area contributed by atoms with Crippen molar-refractivity contribution in [3.05, 3.63) is 71.2 Å². The highest BCUT2D eigenvalue weighted by Crippen LogP contribution is 2.24. The van der Waals surface area contributed by atoms with Gasteiger partial charge in [-0.05, 0) is 24.1 Å². The second-order valence-electron chi connectivity index (χ2n) is 4.61. The van der Waals surface area contributed by atoms with Crippen LogP contribution in [0, 0.1) is 5.82 Å². The first kappa shape index (κ1) is 12.6. The summed E-state index contributed by atoms with van der Waals surface area (Å²) in [5.41, 5.74) is 1.69. The molecule has 0 radical (unpaired) electrons. The van der Waals surface area contributed by atoms with Gasteiger partial charge in [0.25, 0.3) is 0 Å². The Balaban J connectivity index is 2.11. The summed E-state index contributed by atoms with van der Waals surface area (Å²) in [6, 6.07) is 13.6. The van der Waals surface area contributed by atoms with E-state index in [-0.39, 0.29) is 17.1 Å². The molecule has 20 heavy (non-hydrogen) atoms. The van der Waals surface area contributed by atoms with Gasteiger partial charge in [-0.1, -0.05) is 43.3 Å². The predicted octanol–water partition coefficient (Wildman–Crippen LogP) is 4.37. The third kappa shape index (κ3) is 2.01. The number of aryl methyl sites for hydroxylation is 1. The summed E-state index contributed by atoms with van der Waals surface area (Å²) in [5.74, 6) is -0.491. The number of hydrogen-bond donors (Lipinski definition) is 0. The molecule has 3 heteroatoms. The Morgan fingerprint density at radius 2 is 1.95 bits per heavy atom. The zero-order chi connectivity index (χ0) is 14.1. The van der Waals surface area contributed by atoms with Crippen molar-refractivity contribution < 1.29 is 13.6 Å². The average Bonchev–Trinajstić information content (AvgIpc) is 2.92. The van der Waals surface area contributed by atoms with Crippen molar-refractivity contribution in [2.45, 2.75) is 13.3 Å². The van der Waals surface area contributed by atoms with E-state index in [1.54, 1.807) is 24.3 Å². The number of fused-ring (bicyclic) bond motifs is 1. The van der Waals surface area contributed by atoms with E-state index in [2.05, 4.69) is 0 Å². The van der Waals surface area contributed by atoms with Gasteiger partial charge in [0.05, 0.1) is 0 Å². The second kappa shape index (κ2) is 4.93. The number of ketones is 1. The Hall–Kier alpha value is -2.42. The molecule has 0 aliphatic carbocycles. The van der Waals surface area contributed by atoms with Crippen LogP contribution in [0.1, 0.15) is 28.6 Å². The topological polar surface area (TPSA) is 30.2 Å². The van der Waals surface area contributed by atoms with E-state index in [1.165, 1.54) is 6.07 Å². The molecular weight excluding hydrogens is 255 g/mol. The van der Waals surface area contributed by atoms with Gasteiger partial charge in [0, 0.05) is 10.9 Å². The van der Waals surface area contributed by atoms with Crippen LogP contribution in [-0.4, -0.2) is 5.78 Å². The highest BCUT2D eigenvalue weighted by molar-refractivity contribution is 6.09. The minimum absolute atomic E-state index is 0.129. The summed E-state index contributed by atoms with van der Waals surface area (Å²) in [6.07, 6.45) is 0.760. The Kier molecular flexibility index (Phi) is 3.11. The number of halogens is 1. The fourth-order valence-corrected chi connectivity index (χ4v) is 2.32. The maximum absolute atomic E-state index is 13.6. The minimum Gasteiger partial charge on any atom is -0.449 e. The summed E-state index contributed by atoms with van der Waals surface area (Å²) in [7, 11) is 0. The van der Waals surface area contributed by atoms with E-state index in [1.807, 2.05) is 25.1 Å². The van der Waals surface area contributed by atoms with Gasteiger partial charge in [0.15, 0.2) is 17.2 Å². The Morgan fingerprint density at radius 1 is 1.15 bits per heavy atom. The lowest BCUT2D eigenvalue weighted by Crippen LogP contribution is -2.03. The summed E-state index contributed by atoms with van der Waals surface area (Å²) < 4.78 is 19.0. The van der Waals surface area contributed by atoms with E-state index in [4.69, 9.17) is 4.42 Å². The number of furan rings is 1. The summed E-state index contributed by atoms with van der Waals surface area (Å²) >= 11 is 0. The molecule has 2 nitrogen and oxygen atoms in total. The maximum atomic E-state index is 13.6. The molecule has 3 rings (SSSR count). The largest absolute Gasteiger partial charge is 0.449 e. The molecule has 0 saturated heterocycles. The lowest BCUT2D eigenvalue weighted by atomic mass is 10.0. The molecule has 1 heterocycles. The van der Waals surface area contributed by atoms with Crippen LogP contribution < -0.4 is 0 Å². The van der Waals surface area contributed by atoms with Crippen LogP contribution in [0.2, 0.25) is 0 Å². The first-order valence-electron chi connectivity index (χ1n) is 6.51. The van der Waals surface area contributed by atoms with E-state index < -0.39 is 5.82 Å². The fraction of sp³-hybridized carbons (Fsp3) is 0.118. The SMILES string of the molecule is CCc1ccccc1C(=O)c1cc2cccc(F)c2o1. The molecule has 0 spiro atoms. The van der Waals surface area contributed by atoms with Crippen LogP contribution in [0.5, 0.6) is 0 Å². The molecule has 0 bridgehead atoms. The molecule has 0 unspecified atom stereocenters.